The summed E-state index contributed by atoms with van der Waals surface area (Å²) in [4.78, 5) is 11.1. The van der Waals surface area contributed by atoms with Crippen LogP contribution in [0, 0.1) is 0 Å². The van der Waals surface area contributed by atoms with Gasteiger partial charge in [0.15, 0.2) is 0 Å². The number of carbonyl (C=O) groups is 1. The van der Waals surface area contributed by atoms with Crippen molar-refractivity contribution in [2.24, 2.45) is 0 Å². The SMILES string of the molecule is CCNC(C)(CCOC(C)COCC)C(=O)O. The minimum atomic E-state index is -0.917. The molecule has 0 aliphatic rings. The summed E-state index contributed by atoms with van der Waals surface area (Å²) in [6.07, 6.45) is 0.432. The molecule has 2 N–H and O–H groups in total. The van der Waals surface area contributed by atoms with Crippen molar-refractivity contribution in [1.82, 2.24) is 5.32 Å². The highest BCUT2D eigenvalue weighted by molar-refractivity contribution is 5.78. The number of likely N-dealkylation sites (N-methyl/N-ethyl adjacent to an activating group) is 1. The van der Waals surface area contributed by atoms with Crippen molar-refractivity contribution in [2.75, 3.05) is 26.4 Å². The molecule has 0 aromatic carbocycles. The van der Waals surface area contributed by atoms with Gasteiger partial charge < -0.3 is 19.9 Å². The van der Waals surface area contributed by atoms with Crippen LogP contribution in [-0.2, 0) is 14.3 Å². The van der Waals surface area contributed by atoms with Gasteiger partial charge in [-0.1, -0.05) is 6.92 Å². The first-order chi connectivity index (χ1) is 7.96. The van der Waals surface area contributed by atoms with Crippen LogP contribution in [0.4, 0.5) is 0 Å². The molecular weight excluding hydrogens is 222 g/mol. The standard InChI is InChI=1S/C12H25NO4/c1-5-13-12(4,11(14)15)7-8-17-10(3)9-16-6-2/h10,13H,5-9H2,1-4H3,(H,14,15). The van der Waals surface area contributed by atoms with E-state index in [0.717, 1.165) is 0 Å². The minimum Gasteiger partial charge on any atom is -0.480 e. The maximum absolute atomic E-state index is 11.1. The Bertz CT molecular complexity index is 223. The Balaban J connectivity index is 3.94. The number of ether oxygens (including phenoxy) is 2. The molecule has 0 radical (unpaired) electrons. The number of nitrogens with one attached hydrogen (secondary N) is 1. The van der Waals surface area contributed by atoms with Crippen molar-refractivity contribution < 1.29 is 19.4 Å². The van der Waals surface area contributed by atoms with Crippen molar-refractivity contribution >= 4 is 5.97 Å². The molecule has 17 heavy (non-hydrogen) atoms. The van der Waals surface area contributed by atoms with Crippen LogP contribution in [-0.4, -0.2) is 49.1 Å². The highest BCUT2D eigenvalue weighted by Crippen LogP contribution is 2.10. The predicted molar refractivity (Wildman–Crippen MR) is 66.2 cm³/mol. The number of aliphatic carboxylic acids is 1. The second kappa shape index (κ2) is 8.44. The van der Waals surface area contributed by atoms with E-state index in [1.807, 2.05) is 20.8 Å². The molecule has 0 bridgehead atoms. The molecule has 0 aromatic rings. The van der Waals surface area contributed by atoms with E-state index in [4.69, 9.17) is 14.6 Å². The number of carboxylic acids is 1. The first-order valence-electron chi connectivity index (χ1n) is 6.14. The van der Waals surface area contributed by atoms with Gasteiger partial charge >= 0.3 is 5.97 Å². The van der Waals surface area contributed by atoms with Gasteiger partial charge in [-0.3, -0.25) is 4.79 Å². The third kappa shape index (κ3) is 6.61. The molecule has 0 fully saturated rings. The zero-order chi connectivity index (χ0) is 13.3. The van der Waals surface area contributed by atoms with Gasteiger partial charge in [0.25, 0.3) is 0 Å². The second-order valence-corrected chi connectivity index (χ2v) is 4.26. The molecule has 0 aliphatic carbocycles. The number of rotatable bonds is 10. The lowest BCUT2D eigenvalue weighted by atomic mass is 9.98. The second-order valence-electron chi connectivity index (χ2n) is 4.26. The van der Waals surface area contributed by atoms with Crippen LogP contribution in [0.5, 0.6) is 0 Å². The summed E-state index contributed by atoms with van der Waals surface area (Å²) in [5.74, 6) is -0.847. The lowest BCUT2D eigenvalue weighted by molar-refractivity contribution is -0.145. The van der Waals surface area contributed by atoms with Crippen molar-refractivity contribution in [3.05, 3.63) is 0 Å². The van der Waals surface area contributed by atoms with Gasteiger partial charge in [-0.15, -0.1) is 0 Å². The van der Waals surface area contributed by atoms with Crippen LogP contribution in [0.3, 0.4) is 0 Å². The molecule has 2 atom stereocenters. The van der Waals surface area contributed by atoms with Gasteiger partial charge in [0.1, 0.15) is 5.54 Å². The van der Waals surface area contributed by atoms with Crippen LogP contribution in [0.1, 0.15) is 34.1 Å². The number of hydrogen-bond acceptors (Lipinski definition) is 4. The molecule has 102 valence electrons. The van der Waals surface area contributed by atoms with Crippen molar-refractivity contribution in [3.8, 4) is 0 Å². The van der Waals surface area contributed by atoms with E-state index >= 15 is 0 Å². The fraction of sp³-hybridized carbons (Fsp3) is 0.917. The number of carboxylic acid groups (broad SMARTS) is 1. The van der Waals surface area contributed by atoms with E-state index in [1.165, 1.54) is 0 Å². The van der Waals surface area contributed by atoms with Crippen molar-refractivity contribution in [1.29, 1.82) is 0 Å². The van der Waals surface area contributed by atoms with Crippen molar-refractivity contribution in [3.63, 3.8) is 0 Å². The molecule has 0 aliphatic heterocycles. The van der Waals surface area contributed by atoms with Crippen LogP contribution in [0.2, 0.25) is 0 Å². The average molecular weight is 247 g/mol. The first-order valence-corrected chi connectivity index (χ1v) is 6.14. The van der Waals surface area contributed by atoms with E-state index in [0.29, 0.717) is 32.8 Å². The summed E-state index contributed by atoms with van der Waals surface area (Å²) in [6, 6.07) is 0. The topological polar surface area (TPSA) is 67.8 Å². The van der Waals surface area contributed by atoms with Gasteiger partial charge in [-0.05, 0) is 33.7 Å². The first kappa shape index (κ1) is 16.4. The van der Waals surface area contributed by atoms with E-state index in [1.54, 1.807) is 6.92 Å². The Labute approximate surface area is 103 Å². The van der Waals surface area contributed by atoms with E-state index in [2.05, 4.69) is 5.32 Å². The summed E-state index contributed by atoms with van der Waals surface area (Å²) in [5.41, 5.74) is -0.917. The van der Waals surface area contributed by atoms with E-state index in [-0.39, 0.29) is 6.10 Å². The summed E-state index contributed by atoms with van der Waals surface area (Å²) in [7, 11) is 0. The Morgan fingerprint density at radius 1 is 1.47 bits per heavy atom. The number of hydrogen-bond donors (Lipinski definition) is 2. The highest BCUT2D eigenvalue weighted by atomic mass is 16.5. The fourth-order valence-corrected chi connectivity index (χ4v) is 1.46. The van der Waals surface area contributed by atoms with E-state index < -0.39 is 11.5 Å². The van der Waals surface area contributed by atoms with Gasteiger partial charge in [0, 0.05) is 13.2 Å². The Kier molecular flexibility index (Phi) is 8.12. The third-order valence-electron chi connectivity index (χ3n) is 2.60. The van der Waals surface area contributed by atoms with Crippen LogP contribution >= 0.6 is 0 Å². The van der Waals surface area contributed by atoms with Gasteiger partial charge in [-0.25, -0.2) is 0 Å². The summed E-state index contributed by atoms with van der Waals surface area (Å²) >= 11 is 0. The van der Waals surface area contributed by atoms with Gasteiger partial charge in [-0.2, -0.15) is 0 Å². The molecule has 5 nitrogen and oxygen atoms in total. The molecule has 0 heterocycles. The third-order valence-corrected chi connectivity index (χ3v) is 2.60. The highest BCUT2D eigenvalue weighted by Gasteiger charge is 2.31. The lowest BCUT2D eigenvalue weighted by Gasteiger charge is -2.26. The van der Waals surface area contributed by atoms with Gasteiger partial charge in [0.2, 0.25) is 0 Å². The zero-order valence-electron chi connectivity index (χ0n) is 11.3. The quantitative estimate of drug-likeness (QED) is 0.608. The summed E-state index contributed by atoms with van der Waals surface area (Å²) < 4.78 is 10.7. The van der Waals surface area contributed by atoms with Crippen molar-refractivity contribution in [2.45, 2.75) is 45.8 Å². The zero-order valence-corrected chi connectivity index (χ0v) is 11.3. The minimum absolute atomic E-state index is 0.00498. The Morgan fingerprint density at radius 3 is 2.59 bits per heavy atom. The lowest BCUT2D eigenvalue weighted by Crippen LogP contribution is -2.50. The molecule has 0 saturated heterocycles. The molecule has 0 spiro atoms. The van der Waals surface area contributed by atoms with E-state index in [9.17, 15) is 4.79 Å². The monoisotopic (exact) mass is 247 g/mol. The molecule has 0 saturated carbocycles. The Morgan fingerprint density at radius 2 is 2.12 bits per heavy atom. The molecule has 0 aromatic heterocycles. The molecule has 5 heteroatoms. The smallest absolute Gasteiger partial charge is 0.323 e. The largest absolute Gasteiger partial charge is 0.480 e. The summed E-state index contributed by atoms with van der Waals surface area (Å²) in [6.45, 7) is 9.65. The normalized spacial score (nSPS) is 16.5. The van der Waals surface area contributed by atoms with Crippen LogP contribution < -0.4 is 5.32 Å². The molecule has 2 unspecified atom stereocenters. The Hall–Kier alpha value is -0.650. The maximum atomic E-state index is 11.1. The summed E-state index contributed by atoms with van der Waals surface area (Å²) in [5, 5.41) is 12.1. The molecule has 0 rings (SSSR count). The average Bonchev–Trinajstić information content (AvgIpc) is 2.26. The van der Waals surface area contributed by atoms with Crippen LogP contribution in [0.15, 0.2) is 0 Å². The maximum Gasteiger partial charge on any atom is 0.323 e. The van der Waals surface area contributed by atoms with Gasteiger partial charge in [0.05, 0.1) is 12.7 Å². The predicted octanol–water partition coefficient (Wildman–Crippen LogP) is 1.27. The fourth-order valence-electron chi connectivity index (χ4n) is 1.46. The molecule has 0 amide bonds. The van der Waals surface area contributed by atoms with Crippen LogP contribution in [0.25, 0.3) is 0 Å². The molecular formula is C12H25NO4.